The summed E-state index contributed by atoms with van der Waals surface area (Å²) in [6, 6.07) is 15.4. The molecule has 116 valence electrons. The predicted octanol–water partition coefficient (Wildman–Crippen LogP) is 2.54. The molecule has 0 fully saturated rings. The van der Waals surface area contributed by atoms with Gasteiger partial charge in [0.15, 0.2) is 5.78 Å². The number of hydrazone groups is 1. The van der Waals surface area contributed by atoms with Crippen molar-refractivity contribution in [2.24, 2.45) is 11.0 Å². The van der Waals surface area contributed by atoms with Gasteiger partial charge in [-0.1, -0.05) is 30.3 Å². The molecule has 5 heteroatoms. The lowest BCUT2D eigenvalue weighted by molar-refractivity contribution is -0.128. The highest BCUT2D eigenvalue weighted by Crippen LogP contribution is 2.25. The third-order valence-electron chi connectivity index (χ3n) is 3.77. The van der Waals surface area contributed by atoms with Gasteiger partial charge in [-0.05, 0) is 36.8 Å². The minimum Gasteiger partial charge on any atom is -0.508 e. The molecule has 2 aromatic carbocycles. The molecule has 1 N–H and O–H groups in total. The Morgan fingerprint density at radius 3 is 2.43 bits per heavy atom. The number of hydrogen-bond donors (Lipinski definition) is 1. The second kappa shape index (κ2) is 6.04. The number of para-hydroxylation sites is 1. The van der Waals surface area contributed by atoms with Gasteiger partial charge in [0.1, 0.15) is 11.7 Å². The summed E-state index contributed by atoms with van der Waals surface area (Å²) in [5, 5.41) is 14.8. The molecule has 1 unspecified atom stereocenters. The molecule has 0 radical (unpaired) electrons. The van der Waals surface area contributed by atoms with Crippen LogP contribution in [-0.4, -0.2) is 22.5 Å². The van der Waals surface area contributed by atoms with Gasteiger partial charge in [-0.3, -0.25) is 9.59 Å². The third kappa shape index (κ3) is 2.99. The van der Waals surface area contributed by atoms with Gasteiger partial charge in [-0.15, -0.1) is 0 Å². The monoisotopic (exact) mass is 308 g/mol. The fraction of sp³-hybridized carbons (Fsp3) is 0.167. The van der Waals surface area contributed by atoms with Crippen molar-refractivity contribution in [3.05, 3.63) is 60.2 Å². The standard InChI is InChI=1S/C18H16N2O3/c1-12-17(16(22)11-13-7-9-15(21)10-8-13)18(23)20(19-12)14-5-3-2-4-6-14/h2-10,17,21H,11H2,1H3. The highest BCUT2D eigenvalue weighted by atomic mass is 16.3. The third-order valence-corrected chi connectivity index (χ3v) is 3.77. The zero-order valence-corrected chi connectivity index (χ0v) is 12.6. The number of anilines is 1. The maximum Gasteiger partial charge on any atom is 0.263 e. The summed E-state index contributed by atoms with van der Waals surface area (Å²) in [5.74, 6) is -1.21. The average molecular weight is 308 g/mol. The molecule has 3 rings (SSSR count). The van der Waals surface area contributed by atoms with Crippen LogP contribution in [0.25, 0.3) is 0 Å². The van der Waals surface area contributed by atoms with Gasteiger partial charge >= 0.3 is 0 Å². The lowest BCUT2D eigenvalue weighted by Gasteiger charge is -2.13. The van der Waals surface area contributed by atoms with Gasteiger partial charge in [-0.25, -0.2) is 0 Å². The smallest absolute Gasteiger partial charge is 0.263 e. The van der Waals surface area contributed by atoms with Crippen LogP contribution in [0.3, 0.4) is 0 Å². The van der Waals surface area contributed by atoms with Crippen LogP contribution in [0.1, 0.15) is 12.5 Å². The lowest BCUT2D eigenvalue weighted by atomic mass is 9.94. The molecule has 1 aliphatic rings. The van der Waals surface area contributed by atoms with E-state index in [0.29, 0.717) is 11.4 Å². The molecule has 2 aromatic rings. The Bertz CT molecular complexity index is 767. The van der Waals surface area contributed by atoms with Gasteiger partial charge < -0.3 is 5.11 Å². The van der Waals surface area contributed by atoms with Crippen LogP contribution in [0, 0.1) is 5.92 Å². The van der Waals surface area contributed by atoms with Crippen molar-refractivity contribution in [3.63, 3.8) is 0 Å². The number of phenols is 1. The Morgan fingerprint density at radius 1 is 1.13 bits per heavy atom. The molecule has 0 aromatic heterocycles. The van der Waals surface area contributed by atoms with Crippen LogP contribution in [0.4, 0.5) is 5.69 Å². The maximum atomic E-state index is 12.6. The van der Waals surface area contributed by atoms with E-state index in [2.05, 4.69) is 5.10 Å². The Balaban J connectivity index is 1.78. The summed E-state index contributed by atoms with van der Waals surface area (Å²) in [7, 11) is 0. The van der Waals surface area contributed by atoms with Gasteiger partial charge in [-0.2, -0.15) is 10.1 Å². The Labute approximate surface area is 133 Å². The van der Waals surface area contributed by atoms with E-state index < -0.39 is 5.92 Å². The molecule has 0 spiro atoms. The number of Topliss-reactive ketones (excluding diaryl/α,β-unsaturated/α-hetero) is 1. The van der Waals surface area contributed by atoms with E-state index in [0.717, 1.165) is 5.56 Å². The van der Waals surface area contributed by atoms with E-state index in [-0.39, 0.29) is 23.9 Å². The van der Waals surface area contributed by atoms with Crippen LogP contribution in [-0.2, 0) is 16.0 Å². The molecule has 1 aliphatic heterocycles. The highest BCUT2D eigenvalue weighted by Gasteiger charge is 2.39. The van der Waals surface area contributed by atoms with Gasteiger partial charge in [0.2, 0.25) is 0 Å². The van der Waals surface area contributed by atoms with E-state index in [4.69, 9.17) is 0 Å². The van der Waals surface area contributed by atoms with E-state index in [1.807, 2.05) is 18.2 Å². The van der Waals surface area contributed by atoms with Gasteiger partial charge in [0, 0.05) is 6.42 Å². The summed E-state index contributed by atoms with van der Waals surface area (Å²) in [5.41, 5.74) is 1.91. The molecule has 5 nitrogen and oxygen atoms in total. The number of nitrogens with zero attached hydrogens (tertiary/aromatic N) is 2. The molecule has 1 heterocycles. The first-order valence-electron chi connectivity index (χ1n) is 7.31. The van der Waals surface area contributed by atoms with Crippen molar-refractivity contribution < 1.29 is 14.7 Å². The van der Waals surface area contributed by atoms with E-state index in [1.54, 1.807) is 31.2 Å². The lowest BCUT2D eigenvalue weighted by Crippen LogP contribution is -2.33. The zero-order valence-electron chi connectivity index (χ0n) is 12.6. The summed E-state index contributed by atoms with van der Waals surface area (Å²) in [6.07, 6.45) is 0.131. The van der Waals surface area contributed by atoms with Crippen molar-refractivity contribution in [2.45, 2.75) is 13.3 Å². The molecule has 23 heavy (non-hydrogen) atoms. The van der Waals surface area contributed by atoms with Crippen LogP contribution in [0.5, 0.6) is 5.75 Å². The normalized spacial score (nSPS) is 17.3. The topological polar surface area (TPSA) is 70.0 Å². The summed E-state index contributed by atoms with van der Waals surface area (Å²) < 4.78 is 0. The van der Waals surface area contributed by atoms with Crippen molar-refractivity contribution in [1.82, 2.24) is 0 Å². The van der Waals surface area contributed by atoms with E-state index in [9.17, 15) is 14.7 Å². The number of hydrogen-bond acceptors (Lipinski definition) is 4. The highest BCUT2D eigenvalue weighted by molar-refractivity contribution is 6.27. The van der Waals surface area contributed by atoms with Crippen molar-refractivity contribution in [2.75, 3.05) is 5.01 Å². The zero-order chi connectivity index (χ0) is 16.4. The minimum atomic E-state index is -0.844. The number of benzene rings is 2. The largest absolute Gasteiger partial charge is 0.508 e. The molecule has 1 atom stereocenters. The maximum absolute atomic E-state index is 12.6. The molecule has 1 amide bonds. The number of phenolic OH excluding ortho intramolecular Hbond substituents is 1. The molecular weight excluding hydrogens is 292 g/mol. The number of carbonyl (C=O) groups excluding carboxylic acids is 2. The first-order chi connectivity index (χ1) is 11.1. The number of ketones is 1. The Kier molecular flexibility index (Phi) is 3.93. The number of rotatable bonds is 4. The van der Waals surface area contributed by atoms with Crippen molar-refractivity contribution in [3.8, 4) is 5.75 Å². The number of carbonyl (C=O) groups is 2. The summed E-state index contributed by atoms with van der Waals surface area (Å²) in [4.78, 5) is 25.1. The fourth-order valence-corrected chi connectivity index (χ4v) is 2.61. The minimum absolute atomic E-state index is 0.131. The summed E-state index contributed by atoms with van der Waals surface area (Å²) in [6.45, 7) is 1.69. The first kappa shape index (κ1) is 15.0. The second-order valence-corrected chi connectivity index (χ2v) is 5.47. The summed E-state index contributed by atoms with van der Waals surface area (Å²) >= 11 is 0. The fourth-order valence-electron chi connectivity index (χ4n) is 2.61. The van der Waals surface area contributed by atoms with Crippen LogP contribution < -0.4 is 5.01 Å². The Hall–Kier alpha value is -2.95. The number of aromatic hydroxyl groups is 1. The van der Waals surface area contributed by atoms with Gasteiger partial charge in [0.25, 0.3) is 5.91 Å². The SMILES string of the molecule is CC1=NN(c2ccccc2)C(=O)C1C(=O)Cc1ccc(O)cc1. The van der Waals surface area contributed by atoms with E-state index in [1.165, 1.54) is 17.1 Å². The molecule has 0 saturated heterocycles. The number of amides is 1. The van der Waals surface area contributed by atoms with Crippen molar-refractivity contribution >= 4 is 23.1 Å². The molecule has 0 bridgehead atoms. The van der Waals surface area contributed by atoms with Crippen LogP contribution in [0.15, 0.2) is 59.7 Å². The van der Waals surface area contributed by atoms with Gasteiger partial charge in [0.05, 0.1) is 11.4 Å². The average Bonchev–Trinajstić information content (AvgIpc) is 2.85. The molecular formula is C18H16N2O3. The van der Waals surface area contributed by atoms with Crippen LogP contribution in [0.2, 0.25) is 0 Å². The Morgan fingerprint density at radius 2 is 1.78 bits per heavy atom. The van der Waals surface area contributed by atoms with E-state index >= 15 is 0 Å². The second-order valence-electron chi connectivity index (χ2n) is 5.47. The first-order valence-corrected chi connectivity index (χ1v) is 7.31. The molecule has 0 aliphatic carbocycles. The molecule has 0 saturated carbocycles. The predicted molar refractivity (Wildman–Crippen MR) is 87.3 cm³/mol. The van der Waals surface area contributed by atoms with Crippen LogP contribution >= 0.6 is 0 Å². The quantitative estimate of drug-likeness (QED) is 0.882. The van der Waals surface area contributed by atoms with Crippen molar-refractivity contribution in [1.29, 1.82) is 0 Å².